The molecule has 26 heavy (non-hydrogen) atoms. The van der Waals surface area contributed by atoms with E-state index < -0.39 is 6.04 Å². The number of furan rings is 2. The molecular formula is C20H18N2O4. The summed E-state index contributed by atoms with van der Waals surface area (Å²) in [4.78, 5) is 27.2. The van der Waals surface area contributed by atoms with Crippen LogP contribution in [-0.2, 0) is 24.3 Å². The summed E-state index contributed by atoms with van der Waals surface area (Å²) in [5, 5.41) is 2.86. The van der Waals surface area contributed by atoms with Crippen LogP contribution in [0.2, 0.25) is 0 Å². The van der Waals surface area contributed by atoms with Crippen LogP contribution in [-0.4, -0.2) is 22.8 Å². The molecule has 0 bridgehead atoms. The van der Waals surface area contributed by atoms with Crippen LogP contribution in [0.25, 0.3) is 0 Å². The third kappa shape index (κ3) is 3.13. The first kappa shape index (κ1) is 16.2. The minimum absolute atomic E-state index is 0.212. The number of nitrogens with one attached hydrogen (secondary N) is 1. The Morgan fingerprint density at radius 1 is 1.00 bits per heavy atom. The molecule has 3 aromatic rings. The molecule has 4 rings (SSSR count). The van der Waals surface area contributed by atoms with Crippen LogP contribution in [0.1, 0.15) is 27.4 Å². The number of nitrogens with zero attached hydrogens (tertiary/aromatic N) is 1. The maximum Gasteiger partial charge on any atom is 0.290 e. The van der Waals surface area contributed by atoms with E-state index in [2.05, 4.69) is 5.32 Å². The number of benzene rings is 1. The molecule has 6 heteroatoms. The minimum Gasteiger partial charge on any atom is -0.467 e. The van der Waals surface area contributed by atoms with Gasteiger partial charge in [0.05, 0.1) is 19.1 Å². The Bertz CT molecular complexity index is 900. The lowest BCUT2D eigenvalue weighted by Gasteiger charge is -2.35. The largest absolute Gasteiger partial charge is 0.467 e. The average molecular weight is 350 g/mol. The van der Waals surface area contributed by atoms with E-state index in [-0.39, 0.29) is 24.1 Å². The van der Waals surface area contributed by atoms with Crippen molar-refractivity contribution in [1.82, 2.24) is 10.2 Å². The van der Waals surface area contributed by atoms with E-state index >= 15 is 0 Å². The van der Waals surface area contributed by atoms with E-state index in [9.17, 15) is 9.59 Å². The van der Waals surface area contributed by atoms with Crippen molar-refractivity contribution in [3.05, 3.63) is 83.7 Å². The summed E-state index contributed by atoms with van der Waals surface area (Å²) < 4.78 is 10.5. The number of hydrogen-bond donors (Lipinski definition) is 1. The number of rotatable bonds is 4. The van der Waals surface area contributed by atoms with Crippen LogP contribution in [0.15, 0.2) is 69.9 Å². The Morgan fingerprint density at radius 3 is 2.50 bits per heavy atom. The Kier molecular flexibility index (Phi) is 4.31. The Morgan fingerprint density at radius 2 is 1.77 bits per heavy atom. The van der Waals surface area contributed by atoms with Crippen molar-refractivity contribution in [3.63, 3.8) is 0 Å². The van der Waals surface area contributed by atoms with Crippen molar-refractivity contribution >= 4 is 11.8 Å². The highest BCUT2D eigenvalue weighted by molar-refractivity contribution is 5.96. The van der Waals surface area contributed by atoms with Gasteiger partial charge >= 0.3 is 0 Å². The molecule has 1 N–H and O–H groups in total. The summed E-state index contributed by atoms with van der Waals surface area (Å²) in [5.41, 5.74) is 2.12. The highest BCUT2D eigenvalue weighted by Crippen LogP contribution is 2.25. The molecule has 0 fully saturated rings. The van der Waals surface area contributed by atoms with E-state index in [1.807, 2.05) is 24.3 Å². The molecule has 1 aliphatic heterocycles. The molecular weight excluding hydrogens is 332 g/mol. The molecule has 0 radical (unpaired) electrons. The molecule has 0 aliphatic carbocycles. The average Bonchev–Trinajstić information content (AvgIpc) is 3.38. The lowest BCUT2D eigenvalue weighted by molar-refractivity contribution is -0.126. The highest BCUT2D eigenvalue weighted by Gasteiger charge is 2.35. The monoisotopic (exact) mass is 350 g/mol. The molecule has 3 heterocycles. The van der Waals surface area contributed by atoms with Crippen LogP contribution in [0.3, 0.4) is 0 Å². The summed E-state index contributed by atoms with van der Waals surface area (Å²) in [6.45, 7) is 0.654. The summed E-state index contributed by atoms with van der Waals surface area (Å²) in [6, 6.07) is 14.1. The van der Waals surface area contributed by atoms with Crippen LogP contribution in [0.5, 0.6) is 0 Å². The van der Waals surface area contributed by atoms with Crippen LogP contribution in [0.4, 0.5) is 0 Å². The quantitative estimate of drug-likeness (QED) is 0.785. The molecule has 6 nitrogen and oxygen atoms in total. The number of amides is 2. The van der Waals surface area contributed by atoms with E-state index in [0.717, 1.165) is 11.1 Å². The first-order valence-corrected chi connectivity index (χ1v) is 8.44. The van der Waals surface area contributed by atoms with E-state index in [1.54, 1.807) is 35.4 Å². The second kappa shape index (κ2) is 6.92. The lowest BCUT2D eigenvalue weighted by atomic mass is 9.93. The Balaban J connectivity index is 1.58. The molecule has 1 atom stereocenters. The van der Waals surface area contributed by atoms with Gasteiger partial charge in [-0.05, 0) is 35.4 Å². The smallest absolute Gasteiger partial charge is 0.290 e. The van der Waals surface area contributed by atoms with E-state index in [1.165, 1.54) is 6.26 Å². The molecule has 0 saturated heterocycles. The fraction of sp³-hybridized carbons (Fsp3) is 0.200. The first-order valence-electron chi connectivity index (χ1n) is 8.44. The van der Waals surface area contributed by atoms with E-state index in [4.69, 9.17) is 8.83 Å². The van der Waals surface area contributed by atoms with Gasteiger partial charge in [0.25, 0.3) is 5.91 Å². The fourth-order valence-electron chi connectivity index (χ4n) is 3.22. The van der Waals surface area contributed by atoms with Gasteiger partial charge < -0.3 is 19.1 Å². The zero-order chi connectivity index (χ0) is 17.9. The van der Waals surface area contributed by atoms with Gasteiger partial charge in [0, 0.05) is 13.0 Å². The zero-order valence-electron chi connectivity index (χ0n) is 14.1. The summed E-state index contributed by atoms with van der Waals surface area (Å²) in [5.74, 6) is 0.394. The van der Waals surface area contributed by atoms with Crippen molar-refractivity contribution in [2.45, 2.75) is 25.6 Å². The van der Waals surface area contributed by atoms with Crippen molar-refractivity contribution in [2.24, 2.45) is 0 Å². The lowest BCUT2D eigenvalue weighted by Crippen LogP contribution is -2.52. The predicted octanol–water partition coefficient (Wildman–Crippen LogP) is 2.76. The van der Waals surface area contributed by atoms with Gasteiger partial charge in [-0.3, -0.25) is 9.59 Å². The van der Waals surface area contributed by atoms with Gasteiger partial charge in [-0.15, -0.1) is 0 Å². The van der Waals surface area contributed by atoms with Crippen molar-refractivity contribution < 1.29 is 18.4 Å². The Hall–Kier alpha value is -3.28. The van der Waals surface area contributed by atoms with Gasteiger partial charge in [-0.1, -0.05) is 24.3 Å². The maximum absolute atomic E-state index is 12.9. The maximum atomic E-state index is 12.9. The van der Waals surface area contributed by atoms with Gasteiger partial charge in [0.1, 0.15) is 11.8 Å². The van der Waals surface area contributed by atoms with Crippen LogP contribution >= 0.6 is 0 Å². The standard InChI is InChI=1S/C20H18N2O4/c23-19(21-12-16-7-3-9-25-16)17-11-14-5-1-2-6-15(14)13-22(17)20(24)18-8-4-10-26-18/h1-10,17H,11-13H2,(H,21,23)/t17-/m0/s1. The topological polar surface area (TPSA) is 75.7 Å². The molecule has 1 aromatic carbocycles. The van der Waals surface area contributed by atoms with Crippen molar-refractivity contribution in [1.29, 1.82) is 0 Å². The second-order valence-corrected chi connectivity index (χ2v) is 6.20. The third-order valence-corrected chi connectivity index (χ3v) is 4.56. The first-order chi connectivity index (χ1) is 12.7. The number of fused-ring (bicyclic) bond motifs is 1. The molecule has 2 amide bonds. The molecule has 132 valence electrons. The minimum atomic E-state index is -0.600. The summed E-state index contributed by atoms with van der Waals surface area (Å²) in [7, 11) is 0. The molecule has 1 aliphatic rings. The van der Waals surface area contributed by atoms with Gasteiger partial charge in [0.2, 0.25) is 5.91 Å². The number of carbonyl (C=O) groups is 2. The number of carbonyl (C=O) groups excluding carboxylic acids is 2. The van der Waals surface area contributed by atoms with Gasteiger partial charge in [0.15, 0.2) is 5.76 Å². The SMILES string of the molecule is O=C(NCc1ccco1)[C@@H]1Cc2ccccc2CN1C(=O)c1ccco1. The number of hydrogen-bond acceptors (Lipinski definition) is 4. The second-order valence-electron chi connectivity index (χ2n) is 6.20. The molecule has 0 spiro atoms. The molecule has 0 unspecified atom stereocenters. The van der Waals surface area contributed by atoms with Crippen LogP contribution < -0.4 is 5.32 Å². The van der Waals surface area contributed by atoms with Gasteiger partial charge in [-0.2, -0.15) is 0 Å². The van der Waals surface area contributed by atoms with Gasteiger partial charge in [-0.25, -0.2) is 0 Å². The summed E-state index contributed by atoms with van der Waals surface area (Å²) in [6.07, 6.45) is 3.48. The summed E-state index contributed by atoms with van der Waals surface area (Å²) >= 11 is 0. The molecule has 0 saturated carbocycles. The molecule has 2 aromatic heterocycles. The third-order valence-electron chi connectivity index (χ3n) is 4.56. The van der Waals surface area contributed by atoms with Crippen molar-refractivity contribution in [2.75, 3.05) is 0 Å². The van der Waals surface area contributed by atoms with Crippen LogP contribution in [0, 0.1) is 0 Å². The van der Waals surface area contributed by atoms with Crippen molar-refractivity contribution in [3.8, 4) is 0 Å². The van der Waals surface area contributed by atoms with E-state index in [0.29, 0.717) is 18.7 Å². The fourth-order valence-corrected chi connectivity index (χ4v) is 3.22. The normalized spacial score (nSPS) is 16.2. The zero-order valence-corrected chi connectivity index (χ0v) is 14.1. The predicted molar refractivity (Wildman–Crippen MR) is 93.1 cm³/mol. The highest BCUT2D eigenvalue weighted by atomic mass is 16.3. The Labute approximate surface area is 150 Å².